The molecular formula is C17H14FNO5. The number of nitro groups is 1. The Bertz CT molecular complexity index is 726. The molecule has 0 aliphatic rings. The summed E-state index contributed by atoms with van der Waals surface area (Å²) in [6.45, 7) is 0.184. The van der Waals surface area contributed by atoms with Gasteiger partial charge >= 0.3 is 5.97 Å². The molecule has 0 aliphatic carbocycles. The van der Waals surface area contributed by atoms with Gasteiger partial charge in [-0.15, -0.1) is 0 Å². The van der Waals surface area contributed by atoms with E-state index in [9.17, 15) is 19.3 Å². The van der Waals surface area contributed by atoms with Crippen molar-refractivity contribution in [2.75, 3.05) is 13.2 Å². The predicted octanol–water partition coefficient (Wildman–Crippen LogP) is 3.37. The largest absolute Gasteiger partial charge is 0.490 e. The maximum absolute atomic E-state index is 12.7. The van der Waals surface area contributed by atoms with Gasteiger partial charge in [-0.05, 0) is 48.0 Å². The molecule has 0 saturated carbocycles. The average molecular weight is 331 g/mol. The average Bonchev–Trinajstić information content (AvgIpc) is 2.59. The number of esters is 1. The fraction of sp³-hybridized carbons (Fsp3) is 0.118. The number of hydrogen-bond acceptors (Lipinski definition) is 5. The van der Waals surface area contributed by atoms with E-state index in [2.05, 4.69) is 0 Å². The third-order valence-corrected chi connectivity index (χ3v) is 2.93. The Morgan fingerprint density at radius 2 is 1.75 bits per heavy atom. The Balaban J connectivity index is 1.72. The van der Waals surface area contributed by atoms with Gasteiger partial charge in [0.05, 0.1) is 4.92 Å². The van der Waals surface area contributed by atoms with Crippen molar-refractivity contribution in [3.05, 3.63) is 76.1 Å². The molecule has 0 saturated heterocycles. The zero-order valence-electron chi connectivity index (χ0n) is 12.6. The molecule has 6 nitrogen and oxygen atoms in total. The van der Waals surface area contributed by atoms with E-state index >= 15 is 0 Å². The molecule has 0 atom stereocenters. The van der Waals surface area contributed by atoms with Crippen LogP contribution in [0.1, 0.15) is 5.56 Å². The topological polar surface area (TPSA) is 78.7 Å². The van der Waals surface area contributed by atoms with Gasteiger partial charge in [-0.1, -0.05) is 0 Å². The molecule has 0 fully saturated rings. The zero-order chi connectivity index (χ0) is 17.4. The van der Waals surface area contributed by atoms with Crippen LogP contribution >= 0.6 is 0 Å². The van der Waals surface area contributed by atoms with Crippen molar-refractivity contribution in [2.24, 2.45) is 0 Å². The van der Waals surface area contributed by atoms with E-state index in [1.807, 2.05) is 0 Å². The number of hydrogen-bond donors (Lipinski definition) is 0. The normalized spacial score (nSPS) is 10.5. The van der Waals surface area contributed by atoms with E-state index in [-0.39, 0.29) is 24.7 Å². The third-order valence-electron chi connectivity index (χ3n) is 2.93. The molecule has 2 aromatic carbocycles. The molecule has 0 unspecified atom stereocenters. The lowest BCUT2D eigenvalue weighted by molar-refractivity contribution is -0.384. The van der Waals surface area contributed by atoms with E-state index in [1.165, 1.54) is 60.7 Å². The summed E-state index contributed by atoms with van der Waals surface area (Å²) in [4.78, 5) is 21.6. The second kappa shape index (κ2) is 8.42. The lowest BCUT2D eigenvalue weighted by Gasteiger charge is -2.05. The molecule has 0 radical (unpaired) electrons. The van der Waals surface area contributed by atoms with Gasteiger partial charge in [-0.3, -0.25) is 10.1 Å². The highest BCUT2D eigenvalue weighted by molar-refractivity contribution is 5.87. The molecule has 0 amide bonds. The molecule has 124 valence electrons. The van der Waals surface area contributed by atoms with Crippen LogP contribution in [-0.4, -0.2) is 24.1 Å². The zero-order valence-corrected chi connectivity index (χ0v) is 12.6. The van der Waals surface area contributed by atoms with E-state index in [0.29, 0.717) is 11.3 Å². The van der Waals surface area contributed by atoms with Crippen LogP contribution in [0, 0.1) is 15.9 Å². The molecule has 0 N–H and O–H groups in total. The van der Waals surface area contributed by atoms with Crippen LogP contribution < -0.4 is 4.74 Å². The van der Waals surface area contributed by atoms with Crippen molar-refractivity contribution in [3.63, 3.8) is 0 Å². The standard InChI is InChI=1S/C17H14FNO5/c18-14-4-8-16(9-5-14)23-11-12-24-17(20)10-3-13-1-6-15(7-2-13)19(21)22/h1-10H,11-12H2. The number of carbonyl (C=O) groups is 1. The highest BCUT2D eigenvalue weighted by Crippen LogP contribution is 2.13. The summed E-state index contributed by atoms with van der Waals surface area (Å²) in [5, 5.41) is 10.5. The van der Waals surface area contributed by atoms with Gasteiger partial charge in [0.25, 0.3) is 5.69 Å². The molecule has 0 spiro atoms. The first-order valence-corrected chi connectivity index (χ1v) is 7.02. The van der Waals surface area contributed by atoms with E-state index in [1.54, 1.807) is 0 Å². The van der Waals surface area contributed by atoms with Crippen molar-refractivity contribution in [1.29, 1.82) is 0 Å². The lowest BCUT2D eigenvalue weighted by atomic mass is 10.2. The summed E-state index contributed by atoms with van der Waals surface area (Å²) in [5.41, 5.74) is 0.618. The maximum atomic E-state index is 12.7. The molecule has 2 rings (SSSR count). The fourth-order valence-corrected chi connectivity index (χ4v) is 1.75. The lowest BCUT2D eigenvalue weighted by Crippen LogP contribution is -2.10. The third kappa shape index (κ3) is 5.53. The van der Waals surface area contributed by atoms with Crippen LogP contribution in [0.4, 0.5) is 10.1 Å². The van der Waals surface area contributed by atoms with Gasteiger partial charge < -0.3 is 9.47 Å². The molecule has 0 bridgehead atoms. The summed E-state index contributed by atoms with van der Waals surface area (Å²) < 4.78 is 22.9. The van der Waals surface area contributed by atoms with Gasteiger partial charge in [-0.25, -0.2) is 9.18 Å². The first kappa shape index (κ1) is 17.1. The summed E-state index contributed by atoms with van der Waals surface area (Å²) >= 11 is 0. The molecule has 0 aliphatic heterocycles. The minimum absolute atomic E-state index is 0.0207. The van der Waals surface area contributed by atoms with Gasteiger partial charge in [-0.2, -0.15) is 0 Å². The summed E-state index contributed by atoms with van der Waals surface area (Å²) in [7, 11) is 0. The van der Waals surface area contributed by atoms with Crippen molar-refractivity contribution < 1.29 is 23.6 Å². The first-order valence-electron chi connectivity index (χ1n) is 7.02. The maximum Gasteiger partial charge on any atom is 0.330 e. The Morgan fingerprint density at radius 3 is 2.38 bits per heavy atom. The number of halogens is 1. The number of rotatable bonds is 7. The molecule has 24 heavy (non-hydrogen) atoms. The van der Waals surface area contributed by atoms with Gasteiger partial charge in [0.2, 0.25) is 0 Å². The van der Waals surface area contributed by atoms with E-state index in [0.717, 1.165) is 0 Å². The smallest absolute Gasteiger partial charge is 0.330 e. The van der Waals surface area contributed by atoms with Crippen LogP contribution in [0.3, 0.4) is 0 Å². The monoisotopic (exact) mass is 331 g/mol. The molecular weight excluding hydrogens is 317 g/mol. The number of benzene rings is 2. The first-order chi connectivity index (χ1) is 11.5. The van der Waals surface area contributed by atoms with Gasteiger partial charge in [0, 0.05) is 18.2 Å². The van der Waals surface area contributed by atoms with Crippen molar-refractivity contribution in [1.82, 2.24) is 0 Å². The van der Waals surface area contributed by atoms with Crippen molar-refractivity contribution >= 4 is 17.7 Å². The minimum Gasteiger partial charge on any atom is -0.490 e. The number of nitro benzene ring substituents is 1. The summed E-state index contributed by atoms with van der Waals surface area (Å²) in [6.07, 6.45) is 2.71. The number of carbonyl (C=O) groups excluding carboxylic acids is 1. The van der Waals surface area contributed by atoms with Gasteiger partial charge in [0.1, 0.15) is 24.8 Å². The van der Waals surface area contributed by atoms with Gasteiger partial charge in [0.15, 0.2) is 0 Å². The highest BCUT2D eigenvalue weighted by Gasteiger charge is 2.03. The highest BCUT2D eigenvalue weighted by atomic mass is 19.1. The molecule has 0 heterocycles. The Morgan fingerprint density at radius 1 is 1.08 bits per heavy atom. The second-order valence-electron chi connectivity index (χ2n) is 4.65. The molecule has 2 aromatic rings. The SMILES string of the molecule is O=C(C=Cc1ccc([N+](=O)[O-])cc1)OCCOc1ccc(F)cc1. The number of nitrogens with zero attached hydrogens (tertiary/aromatic N) is 1. The van der Waals surface area contributed by atoms with E-state index < -0.39 is 10.9 Å². The summed E-state index contributed by atoms with van der Waals surface area (Å²) in [6, 6.07) is 11.3. The van der Waals surface area contributed by atoms with Crippen molar-refractivity contribution in [2.45, 2.75) is 0 Å². The number of ether oxygens (including phenoxy) is 2. The molecule has 0 aromatic heterocycles. The minimum atomic E-state index is -0.559. The Hall–Kier alpha value is -3.22. The molecule has 7 heteroatoms. The second-order valence-corrected chi connectivity index (χ2v) is 4.65. The Kier molecular flexibility index (Phi) is 6.01. The van der Waals surface area contributed by atoms with Crippen LogP contribution in [-0.2, 0) is 9.53 Å². The fourth-order valence-electron chi connectivity index (χ4n) is 1.75. The van der Waals surface area contributed by atoms with E-state index in [4.69, 9.17) is 9.47 Å². The van der Waals surface area contributed by atoms with Crippen LogP contribution in [0.25, 0.3) is 6.08 Å². The predicted molar refractivity (Wildman–Crippen MR) is 85.0 cm³/mol. The summed E-state index contributed by atoms with van der Waals surface area (Å²) in [5.74, 6) is -0.435. The Labute approximate surface area is 137 Å². The van der Waals surface area contributed by atoms with Crippen LogP contribution in [0.2, 0.25) is 0 Å². The van der Waals surface area contributed by atoms with Crippen molar-refractivity contribution in [3.8, 4) is 5.75 Å². The van der Waals surface area contributed by atoms with Crippen LogP contribution in [0.15, 0.2) is 54.6 Å². The quantitative estimate of drug-likeness (QED) is 0.255. The van der Waals surface area contributed by atoms with Crippen LogP contribution in [0.5, 0.6) is 5.75 Å². The number of non-ortho nitro benzene ring substituents is 1.